The molecule has 0 unspecified atom stereocenters. The van der Waals surface area contributed by atoms with Gasteiger partial charge >= 0.3 is 0 Å². The van der Waals surface area contributed by atoms with E-state index in [0.717, 1.165) is 28.6 Å². The number of hydrogen-bond donors (Lipinski definition) is 1. The van der Waals surface area contributed by atoms with Gasteiger partial charge in [0.1, 0.15) is 12.4 Å². The van der Waals surface area contributed by atoms with Gasteiger partial charge in [0.05, 0.1) is 26.8 Å². The zero-order valence-electron chi connectivity index (χ0n) is 15.8. The predicted octanol–water partition coefficient (Wildman–Crippen LogP) is 5.19. The summed E-state index contributed by atoms with van der Waals surface area (Å²) in [6.45, 7) is 3.03. The number of benzene rings is 1. The molecule has 29 heavy (non-hydrogen) atoms. The minimum absolute atomic E-state index is 0.0806. The van der Waals surface area contributed by atoms with E-state index in [-0.39, 0.29) is 5.91 Å². The topological polar surface area (TPSA) is 64.1 Å². The van der Waals surface area contributed by atoms with Crippen molar-refractivity contribution < 1.29 is 9.53 Å². The zero-order valence-corrected chi connectivity index (χ0v) is 18.2. The molecule has 1 amide bonds. The van der Waals surface area contributed by atoms with E-state index in [2.05, 4.69) is 32.8 Å². The van der Waals surface area contributed by atoms with Crippen molar-refractivity contribution in [3.05, 3.63) is 73.8 Å². The first-order chi connectivity index (χ1) is 14.2. The average Bonchev–Trinajstić information content (AvgIpc) is 3.49. The van der Waals surface area contributed by atoms with E-state index in [4.69, 9.17) is 4.74 Å². The summed E-state index contributed by atoms with van der Waals surface area (Å²) in [6, 6.07) is 11.4. The standard InChI is InChI=1S/C21H19N3O2S3/c1-14-24-19(12-28-14)20-7-6-18(29-20)8-9-22-21(25)15-2-4-17(5-3-15)26-10-16-11-27-13-23-16/h2-7,11-13H,8-10H2,1H3,(H,22,25). The number of thiazole rings is 2. The van der Waals surface area contributed by atoms with Crippen LogP contribution in [-0.2, 0) is 13.0 Å². The van der Waals surface area contributed by atoms with Gasteiger partial charge in [-0.3, -0.25) is 4.79 Å². The van der Waals surface area contributed by atoms with Crippen LogP contribution >= 0.6 is 34.0 Å². The number of rotatable bonds is 8. The summed E-state index contributed by atoms with van der Waals surface area (Å²) < 4.78 is 5.67. The minimum atomic E-state index is -0.0806. The first-order valence-electron chi connectivity index (χ1n) is 9.07. The summed E-state index contributed by atoms with van der Waals surface area (Å²) in [5.74, 6) is 0.640. The quantitative estimate of drug-likeness (QED) is 0.409. The molecule has 0 saturated carbocycles. The van der Waals surface area contributed by atoms with Crippen molar-refractivity contribution >= 4 is 39.9 Å². The van der Waals surface area contributed by atoms with Crippen LogP contribution in [0.3, 0.4) is 0 Å². The van der Waals surface area contributed by atoms with Crippen molar-refractivity contribution in [2.45, 2.75) is 20.0 Å². The summed E-state index contributed by atoms with van der Waals surface area (Å²) in [5, 5.41) is 8.09. The molecule has 0 aliphatic heterocycles. The number of amides is 1. The lowest BCUT2D eigenvalue weighted by Crippen LogP contribution is -2.25. The van der Waals surface area contributed by atoms with E-state index in [9.17, 15) is 4.79 Å². The van der Waals surface area contributed by atoms with E-state index in [1.165, 1.54) is 9.75 Å². The van der Waals surface area contributed by atoms with Gasteiger partial charge in [0.25, 0.3) is 5.91 Å². The molecule has 4 aromatic rings. The number of ether oxygens (including phenoxy) is 1. The summed E-state index contributed by atoms with van der Waals surface area (Å²) in [4.78, 5) is 23.5. The third kappa shape index (κ3) is 5.29. The van der Waals surface area contributed by atoms with Gasteiger partial charge in [-0.15, -0.1) is 34.0 Å². The van der Waals surface area contributed by atoms with Crippen molar-refractivity contribution in [1.29, 1.82) is 0 Å². The lowest BCUT2D eigenvalue weighted by molar-refractivity contribution is 0.0954. The maximum Gasteiger partial charge on any atom is 0.251 e. The monoisotopic (exact) mass is 441 g/mol. The number of aryl methyl sites for hydroxylation is 1. The molecule has 1 N–H and O–H groups in total. The van der Waals surface area contributed by atoms with Crippen molar-refractivity contribution in [2.75, 3.05) is 6.54 Å². The second-order valence-corrected chi connectivity index (χ2v) is 9.27. The highest BCUT2D eigenvalue weighted by Gasteiger charge is 2.08. The molecule has 0 saturated heterocycles. The third-order valence-corrected chi connectivity index (χ3v) is 6.75. The first kappa shape index (κ1) is 19.8. The number of nitrogens with one attached hydrogen (secondary N) is 1. The van der Waals surface area contributed by atoms with Crippen LogP contribution in [0.5, 0.6) is 5.75 Å². The summed E-state index contributed by atoms with van der Waals surface area (Å²) in [6.07, 6.45) is 0.800. The Morgan fingerprint density at radius 1 is 1.14 bits per heavy atom. The Balaban J connectivity index is 1.25. The highest BCUT2D eigenvalue weighted by Crippen LogP contribution is 2.29. The predicted molar refractivity (Wildman–Crippen MR) is 119 cm³/mol. The number of aromatic nitrogens is 2. The SMILES string of the molecule is Cc1nc(-c2ccc(CCNC(=O)c3ccc(OCc4cscn4)cc3)s2)cs1. The highest BCUT2D eigenvalue weighted by molar-refractivity contribution is 7.16. The first-order valence-corrected chi connectivity index (χ1v) is 11.7. The Kier molecular flexibility index (Phi) is 6.33. The second kappa shape index (κ2) is 9.30. The van der Waals surface area contributed by atoms with Gasteiger partial charge in [-0.05, 0) is 49.7 Å². The van der Waals surface area contributed by atoms with Gasteiger partial charge in [-0.1, -0.05) is 0 Å². The number of hydrogen-bond acceptors (Lipinski definition) is 7. The van der Waals surface area contributed by atoms with Crippen molar-refractivity contribution in [1.82, 2.24) is 15.3 Å². The molecular weight excluding hydrogens is 422 g/mol. The molecule has 0 aliphatic carbocycles. The highest BCUT2D eigenvalue weighted by atomic mass is 32.1. The van der Waals surface area contributed by atoms with Gasteiger partial charge in [0, 0.05) is 27.7 Å². The molecule has 1 aromatic carbocycles. The molecule has 0 atom stereocenters. The van der Waals surface area contributed by atoms with Crippen LogP contribution in [0.4, 0.5) is 0 Å². The van der Waals surface area contributed by atoms with Crippen molar-refractivity contribution in [3.8, 4) is 16.3 Å². The molecule has 0 bridgehead atoms. The van der Waals surface area contributed by atoms with E-state index in [1.54, 1.807) is 51.7 Å². The molecule has 0 aliphatic rings. The summed E-state index contributed by atoms with van der Waals surface area (Å²) >= 11 is 4.93. The summed E-state index contributed by atoms with van der Waals surface area (Å²) in [7, 11) is 0. The van der Waals surface area contributed by atoms with E-state index >= 15 is 0 Å². The molecule has 8 heteroatoms. The Morgan fingerprint density at radius 2 is 2.00 bits per heavy atom. The smallest absolute Gasteiger partial charge is 0.251 e. The summed E-state index contributed by atoms with van der Waals surface area (Å²) in [5.41, 5.74) is 4.34. The van der Waals surface area contributed by atoms with Crippen molar-refractivity contribution in [3.63, 3.8) is 0 Å². The normalized spacial score (nSPS) is 10.8. The minimum Gasteiger partial charge on any atom is -0.487 e. The van der Waals surface area contributed by atoms with Crippen molar-refractivity contribution in [2.24, 2.45) is 0 Å². The fourth-order valence-electron chi connectivity index (χ4n) is 2.70. The Morgan fingerprint density at radius 3 is 2.72 bits per heavy atom. The number of carbonyl (C=O) groups is 1. The van der Waals surface area contributed by atoms with Crippen LogP contribution in [0, 0.1) is 6.92 Å². The van der Waals surface area contributed by atoms with E-state index in [1.807, 2.05) is 24.4 Å². The Labute approximate surface area is 181 Å². The molecule has 0 spiro atoms. The molecule has 0 fully saturated rings. The fraction of sp³-hybridized carbons (Fsp3) is 0.190. The van der Waals surface area contributed by atoms with Gasteiger partial charge in [-0.2, -0.15) is 0 Å². The molecule has 5 nitrogen and oxygen atoms in total. The lowest BCUT2D eigenvalue weighted by Gasteiger charge is -2.07. The Hall–Kier alpha value is -2.55. The zero-order chi connectivity index (χ0) is 20.1. The average molecular weight is 442 g/mol. The van der Waals surface area contributed by atoms with E-state index < -0.39 is 0 Å². The fourth-order valence-corrected chi connectivity index (χ4v) is 4.89. The number of thiophene rings is 1. The number of nitrogens with zero attached hydrogens (tertiary/aromatic N) is 2. The van der Waals surface area contributed by atoms with Crippen LogP contribution in [0.2, 0.25) is 0 Å². The van der Waals surface area contributed by atoms with Crippen LogP contribution in [0.15, 0.2) is 52.7 Å². The van der Waals surface area contributed by atoms with Gasteiger partial charge in [0.2, 0.25) is 0 Å². The lowest BCUT2D eigenvalue weighted by atomic mass is 10.2. The largest absolute Gasteiger partial charge is 0.487 e. The second-order valence-electron chi connectivity index (χ2n) is 6.32. The maximum atomic E-state index is 12.4. The number of carbonyl (C=O) groups excluding carboxylic acids is 1. The molecule has 0 radical (unpaired) electrons. The van der Waals surface area contributed by atoms with Gasteiger partial charge in [-0.25, -0.2) is 9.97 Å². The Bertz CT molecular complexity index is 1070. The van der Waals surface area contributed by atoms with Crippen LogP contribution < -0.4 is 10.1 Å². The van der Waals surface area contributed by atoms with Gasteiger partial charge in [0.15, 0.2) is 0 Å². The molecule has 3 aromatic heterocycles. The van der Waals surface area contributed by atoms with E-state index in [0.29, 0.717) is 18.7 Å². The molecular formula is C21H19N3O2S3. The van der Waals surface area contributed by atoms with Crippen LogP contribution in [0.1, 0.15) is 25.9 Å². The van der Waals surface area contributed by atoms with Crippen LogP contribution in [0.25, 0.3) is 10.6 Å². The van der Waals surface area contributed by atoms with Gasteiger partial charge < -0.3 is 10.1 Å². The third-order valence-electron chi connectivity index (χ3n) is 4.18. The van der Waals surface area contributed by atoms with Crippen LogP contribution in [-0.4, -0.2) is 22.4 Å². The molecule has 3 heterocycles. The molecule has 148 valence electrons. The maximum absolute atomic E-state index is 12.4. The molecule has 4 rings (SSSR count).